The summed E-state index contributed by atoms with van der Waals surface area (Å²) in [6.45, 7) is 10.8. The fraction of sp³-hybridized carbons (Fsp3) is 0.515. The van der Waals surface area contributed by atoms with Gasteiger partial charge in [-0.25, -0.2) is 14.2 Å². The van der Waals surface area contributed by atoms with Gasteiger partial charge in [0.25, 0.3) is 11.8 Å². The highest BCUT2D eigenvalue weighted by Crippen LogP contribution is 2.38. The summed E-state index contributed by atoms with van der Waals surface area (Å²) in [5.41, 5.74) is 5.55. The number of carbonyl (C=O) groups excluding carboxylic acids is 1. The molecule has 0 aliphatic carbocycles. The third-order valence-electron chi connectivity index (χ3n) is 7.55. The average Bonchev–Trinajstić information content (AvgIpc) is 3.38. The van der Waals surface area contributed by atoms with E-state index in [0.717, 1.165) is 6.42 Å². The molecule has 10 heteroatoms. The molecular weight excluding hydrogens is 550 g/mol. The van der Waals surface area contributed by atoms with E-state index in [4.69, 9.17) is 4.74 Å². The molecule has 3 atom stereocenters. The summed E-state index contributed by atoms with van der Waals surface area (Å²) in [5.74, 6) is -4.64. The van der Waals surface area contributed by atoms with Gasteiger partial charge in [-0.3, -0.25) is 14.8 Å². The van der Waals surface area contributed by atoms with Crippen molar-refractivity contribution < 1.29 is 18.3 Å². The number of rotatable bonds is 15. The van der Waals surface area contributed by atoms with Crippen LogP contribution in [0.5, 0.6) is 5.75 Å². The molecule has 1 heterocycles. The first-order valence-corrected chi connectivity index (χ1v) is 14.8. The molecule has 1 aromatic carbocycles. The predicted octanol–water partition coefficient (Wildman–Crippen LogP) is 6.74. The molecule has 2 rings (SSSR count). The molecule has 43 heavy (non-hydrogen) atoms. The van der Waals surface area contributed by atoms with E-state index < -0.39 is 29.7 Å². The van der Waals surface area contributed by atoms with E-state index in [1.54, 1.807) is 48.7 Å². The fourth-order valence-electron chi connectivity index (χ4n) is 4.89. The van der Waals surface area contributed by atoms with Crippen LogP contribution in [0, 0.1) is 29.1 Å². The van der Waals surface area contributed by atoms with Crippen LogP contribution < -0.4 is 15.5 Å². The van der Waals surface area contributed by atoms with Crippen LogP contribution >= 0.6 is 0 Å². The van der Waals surface area contributed by atoms with Crippen LogP contribution in [0.3, 0.4) is 0 Å². The Bertz CT molecular complexity index is 1290. The Morgan fingerprint density at radius 3 is 2.58 bits per heavy atom. The first kappa shape index (κ1) is 35.4. The molecule has 2 N–H and O–H groups in total. The topological polar surface area (TPSA) is 102 Å². The van der Waals surface area contributed by atoms with Crippen LogP contribution in [0.2, 0.25) is 0 Å². The Balaban J connectivity index is 2.65. The largest absolute Gasteiger partial charge is 0.496 e. The summed E-state index contributed by atoms with van der Waals surface area (Å²) < 4.78 is 36.1. The van der Waals surface area contributed by atoms with Crippen LogP contribution in [0.1, 0.15) is 78.0 Å². The average molecular weight is 597 g/mol. The Morgan fingerprint density at radius 2 is 2.02 bits per heavy atom. The third-order valence-corrected chi connectivity index (χ3v) is 7.55. The maximum atomic E-state index is 15.3. The van der Waals surface area contributed by atoms with Crippen molar-refractivity contribution >= 4 is 18.3 Å². The van der Waals surface area contributed by atoms with Gasteiger partial charge in [0.15, 0.2) is 0 Å². The van der Waals surface area contributed by atoms with Crippen molar-refractivity contribution in [1.29, 1.82) is 5.26 Å². The Labute approximate surface area is 255 Å². The van der Waals surface area contributed by atoms with Gasteiger partial charge in [-0.15, -0.1) is 0 Å². The normalized spacial score (nSPS) is 17.9. The van der Waals surface area contributed by atoms with E-state index >= 15 is 8.78 Å². The quantitative estimate of drug-likeness (QED) is 0.172. The molecule has 234 valence electrons. The molecule has 0 bridgehead atoms. The standard InChI is InChI=1S/C33H46F2N6O2/c1-9-12-16-38-30(23(6)11-3)27(19-37-7)32(42)39-28-21-41(20-25(13-10-2)33(34,35)22(4)5)40-31(28)26-17-24(18-36)14-15-29(26)43-8/h9,12,14-17,19,21-23,25,31,40H,10-11,13,20H2,1-8H3,(H,39,42)/b12-9-,30-27-,37-19-,38-16-/t23?,25-,31?/m0/s1. The number of aliphatic imine (C=N–C) groups is 2. The summed E-state index contributed by atoms with van der Waals surface area (Å²) in [5, 5.41) is 14.2. The highest BCUT2D eigenvalue weighted by Gasteiger charge is 2.43. The molecule has 0 aromatic heterocycles. The number of methoxy groups -OCH3 is 1. The molecule has 0 fully saturated rings. The van der Waals surface area contributed by atoms with Crippen LogP contribution in [0.25, 0.3) is 0 Å². The Morgan fingerprint density at radius 1 is 1.30 bits per heavy atom. The van der Waals surface area contributed by atoms with Gasteiger partial charge in [0, 0.05) is 49.6 Å². The SMILES string of the molecule is C\C=C/C=N\C(=C(\C=N/C)C(=O)NC1=CN(C[C@H](CCC)C(F)(F)C(C)C)NC1c1cc(C#N)ccc1OC)C(C)CC. The van der Waals surface area contributed by atoms with Crippen molar-refractivity contribution in [2.75, 3.05) is 20.7 Å². The number of nitrogens with one attached hydrogen (secondary N) is 2. The van der Waals surface area contributed by atoms with Gasteiger partial charge < -0.3 is 15.1 Å². The highest BCUT2D eigenvalue weighted by atomic mass is 19.3. The molecular formula is C33H46F2N6O2. The van der Waals surface area contributed by atoms with Crippen LogP contribution in [0.4, 0.5) is 8.78 Å². The lowest BCUT2D eigenvalue weighted by atomic mass is 9.88. The number of hydrazine groups is 1. The maximum absolute atomic E-state index is 15.3. The summed E-state index contributed by atoms with van der Waals surface area (Å²) >= 11 is 0. The second kappa shape index (κ2) is 16.7. The third kappa shape index (κ3) is 9.07. The van der Waals surface area contributed by atoms with Gasteiger partial charge in [-0.1, -0.05) is 47.1 Å². The summed E-state index contributed by atoms with van der Waals surface area (Å²) in [6.07, 6.45) is 10.1. The molecule has 1 amide bonds. The van der Waals surface area contributed by atoms with Gasteiger partial charge in [0.1, 0.15) is 5.75 Å². The van der Waals surface area contributed by atoms with Gasteiger partial charge in [-0.05, 0) is 50.0 Å². The van der Waals surface area contributed by atoms with Crippen molar-refractivity contribution in [2.45, 2.75) is 72.8 Å². The lowest BCUT2D eigenvalue weighted by Gasteiger charge is -2.33. The Hall–Kier alpha value is -3.84. The number of ether oxygens (including phenoxy) is 1. The molecule has 2 unspecified atom stereocenters. The van der Waals surface area contributed by atoms with Gasteiger partial charge in [0.2, 0.25) is 0 Å². The van der Waals surface area contributed by atoms with Crippen molar-refractivity contribution in [3.05, 3.63) is 64.6 Å². The van der Waals surface area contributed by atoms with Crippen molar-refractivity contribution in [2.24, 2.45) is 27.7 Å². The minimum absolute atomic E-state index is 0.0139. The summed E-state index contributed by atoms with van der Waals surface area (Å²) in [4.78, 5) is 22.6. The van der Waals surface area contributed by atoms with Gasteiger partial charge in [-0.2, -0.15) is 5.26 Å². The summed E-state index contributed by atoms with van der Waals surface area (Å²) in [7, 11) is 3.10. The highest BCUT2D eigenvalue weighted by molar-refractivity contribution is 6.13. The smallest absolute Gasteiger partial charge is 0.258 e. The second-order valence-corrected chi connectivity index (χ2v) is 10.9. The van der Waals surface area contributed by atoms with E-state index in [1.807, 2.05) is 33.8 Å². The number of amides is 1. The maximum Gasteiger partial charge on any atom is 0.258 e. The van der Waals surface area contributed by atoms with Gasteiger partial charge >= 0.3 is 0 Å². The van der Waals surface area contributed by atoms with Crippen LogP contribution in [0.15, 0.2) is 63.5 Å². The Kier molecular flexibility index (Phi) is 13.7. The number of carbonyl (C=O) groups is 1. The first-order valence-electron chi connectivity index (χ1n) is 14.8. The fourth-order valence-corrected chi connectivity index (χ4v) is 4.89. The van der Waals surface area contributed by atoms with Crippen molar-refractivity contribution in [3.63, 3.8) is 0 Å². The zero-order chi connectivity index (χ0) is 32.2. The number of nitriles is 1. The number of benzene rings is 1. The summed E-state index contributed by atoms with van der Waals surface area (Å²) in [6, 6.07) is 6.44. The molecule has 0 saturated heterocycles. The lowest BCUT2D eigenvalue weighted by molar-refractivity contribution is -0.116. The van der Waals surface area contributed by atoms with Crippen LogP contribution in [-0.2, 0) is 4.79 Å². The molecule has 8 nitrogen and oxygen atoms in total. The number of halogens is 2. The van der Waals surface area contributed by atoms with Gasteiger partial charge in [0.05, 0.1) is 41.8 Å². The molecule has 0 saturated carbocycles. The van der Waals surface area contributed by atoms with Crippen molar-refractivity contribution in [1.82, 2.24) is 15.8 Å². The number of alkyl halides is 2. The zero-order valence-corrected chi connectivity index (χ0v) is 26.6. The second-order valence-electron chi connectivity index (χ2n) is 10.9. The first-order chi connectivity index (χ1) is 20.5. The number of hydrogen-bond acceptors (Lipinski definition) is 7. The molecule has 1 aliphatic rings. The molecule has 0 radical (unpaired) electrons. The molecule has 1 aromatic rings. The van der Waals surface area contributed by atoms with E-state index in [0.29, 0.717) is 46.7 Å². The van der Waals surface area contributed by atoms with Crippen LogP contribution in [-0.4, -0.2) is 50.0 Å². The van der Waals surface area contributed by atoms with E-state index in [9.17, 15) is 10.1 Å². The number of hydrogen-bond donors (Lipinski definition) is 2. The van der Waals surface area contributed by atoms with E-state index in [1.165, 1.54) is 27.2 Å². The molecule has 0 spiro atoms. The van der Waals surface area contributed by atoms with Crippen molar-refractivity contribution in [3.8, 4) is 11.8 Å². The number of allylic oxidation sites excluding steroid dienone is 3. The lowest BCUT2D eigenvalue weighted by Crippen LogP contribution is -2.44. The zero-order valence-electron chi connectivity index (χ0n) is 26.6. The molecule has 1 aliphatic heterocycles. The monoisotopic (exact) mass is 596 g/mol. The minimum atomic E-state index is -2.89. The van der Waals surface area contributed by atoms with E-state index in [-0.39, 0.29) is 12.5 Å². The van der Waals surface area contributed by atoms with E-state index in [2.05, 4.69) is 26.8 Å². The number of nitrogens with zero attached hydrogens (tertiary/aromatic N) is 4. The predicted molar refractivity (Wildman–Crippen MR) is 169 cm³/mol. The minimum Gasteiger partial charge on any atom is -0.496 e.